The molecule has 0 aliphatic carbocycles. The smallest absolute Gasteiger partial charge is 0.408 e. The minimum atomic E-state index is -3.92. The minimum Gasteiger partial charge on any atom is -0.408 e. The summed E-state index contributed by atoms with van der Waals surface area (Å²) in [6.45, 7) is 4.11. The lowest BCUT2D eigenvalue weighted by Crippen LogP contribution is -2.13. The largest absolute Gasteiger partial charge is 0.417 e. The Bertz CT molecular complexity index is 1050. The lowest BCUT2D eigenvalue weighted by atomic mass is 10.0. The Labute approximate surface area is 143 Å². The van der Waals surface area contributed by atoms with E-state index in [-0.39, 0.29) is 15.5 Å². The predicted octanol–water partition coefficient (Wildman–Crippen LogP) is 3.70. The van der Waals surface area contributed by atoms with Crippen LogP contribution in [0.1, 0.15) is 25.3 Å². The second-order valence-electron chi connectivity index (χ2n) is 5.68. The zero-order valence-electron chi connectivity index (χ0n) is 13.0. The summed E-state index contributed by atoms with van der Waals surface area (Å²) in [4.78, 5) is 13.5. The van der Waals surface area contributed by atoms with E-state index in [4.69, 9.17) is 16.0 Å². The fourth-order valence-corrected chi connectivity index (χ4v) is 3.91. The second-order valence-corrected chi connectivity index (χ2v) is 7.73. The standard InChI is InChI=1S/C16H15ClN2O4S/c1-9(2)10-3-5-11(6-4-10)19-24(21,22)15-8-14-13(7-12(15)17)18-16(20)23-14/h3-9,19H,1-2H3,(H,18,20). The molecular weight excluding hydrogens is 352 g/mol. The lowest BCUT2D eigenvalue weighted by Gasteiger charge is -2.11. The van der Waals surface area contributed by atoms with Crippen LogP contribution in [0.15, 0.2) is 50.5 Å². The average Bonchev–Trinajstić information content (AvgIpc) is 2.85. The van der Waals surface area contributed by atoms with Gasteiger partial charge in [-0.05, 0) is 29.7 Å². The first kappa shape index (κ1) is 16.6. The lowest BCUT2D eigenvalue weighted by molar-refractivity contribution is 0.554. The molecule has 126 valence electrons. The molecule has 3 rings (SSSR count). The number of hydrogen-bond acceptors (Lipinski definition) is 4. The van der Waals surface area contributed by atoms with Crippen LogP contribution >= 0.6 is 11.6 Å². The first-order chi connectivity index (χ1) is 11.3. The van der Waals surface area contributed by atoms with Crippen molar-refractivity contribution in [1.29, 1.82) is 0 Å². The first-order valence-corrected chi connectivity index (χ1v) is 9.07. The summed E-state index contributed by atoms with van der Waals surface area (Å²) < 4.78 is 32.5. The molecule has 1 aromatic heterocycles. The van der Waals surface area contributed by atoms with E-state index in [0.29, 0.717) is 17.1 Å². The van der Waals surface area contributed by atoms with Crippen molar-refractivity contribution in [3.05, 3.63) is 57.5 Å². The highest BCUT2D eigenvalue weighted by molar-refractivity contribution is 7.92. The van der Waals surface area contributed by atoms with Gasteiger partial charge in [-0.2, -0.15) is 0 Å². The number of hydrogen-bond donors (Lipinski definition) is 2. The maximum Gasteiger partial charge on any atom is 0.417 e. The summed E-state index contributed by atoms with van der Waals surface area (Å²) in [6, 6.07) is 9.67. The maximum absolute atomic E-state index is 12.6. The fourth-order valence-electron chi connectivity index (χ4n) is 2.30. The van der Waals surface area contributed by atoms with Gasteiger partial charge in [0.25, 0.3) is 10.0 Å². The zero-order valence-corrected chi connectivity index (χ0v) is 14.5. The molecule has 0 atom stereocenters. The molecule has 0 fully saturated rings. The van der Waals surface area contributed by atoms with E-state index in [1.807, 2.05) is 12.1 Å². The Balaban J connectivity index is 1.98. The molecule has 0 spiro atoms. The highest BCUT2D eigenvalue weighted by Crippen LogP contribution is 2.28. The maximum atomic E-state index is 12.6. The summed E-state index contributed by atoms with van der Waals surface area (Å²) in [5.74, 6) is -0.322. The normalized spacial score (nSPS) is 12.0. The van der Waals surface area contributed by atoms with Crippen molar-refractivity contribution in [2.24, 2.45) is 0 Å². The zero-order chi connectivity index (χ0) is 17.5. The molecule has 2 aromatic carbocycles. The number of benzene rings is 2. The van der Waals surface area contributed by atoms with Crippen molar-refractivity contribution in [2.75, 3.05) is 4.72 Å². The van der Waals surface area contributed by atoms with Gasteiger partial charge in [-0.15, -0.1) is 0 Å². The number of aromatic amines is 1. The highest BCUT2D eigenvalue weighted by Gasteiger charge is 2.20. The third-order valence-corrected chi connectivity index (χ3v) is 5.44. The summed E-state index contributed by atoms with van der Waals surface area (Å²) in [7, 11) is -3.92. The van der Waals surface area contributed by atoms with Gasteiger partial charge >= 0.3 is 5.76 Å². The number of oxazole rings is 1. The number of anilines is 1. The van der Waals surface area contributed by atoms with Crippen molar-refractivity contribution in [3.63, 3.8) is 0 Å². The van der Waals surface area contributed by atoms with E-state index >= 15 is 0 Å². The number of sulfonamides is 1. The number of nitrogens with one attached hydrogen (secondary N) is 2. The van der Waals surface area contributed by atoms with E-state index in [2.05, 4.69) is 23.6 Å². The van der Waals surface area contributed by atoms with E-state index in [1.54, 1.807) is 12.1 Å². The number of aromatic nitrogens is 1. The molecule has 0 bridgehead atoms. The molecule has 0 radical (unpaired) electrons. The third-order valence-electron chi connectivity index (χ3n) is 3.59. The molecule has 0 saturated carbocycles. The number of halogens is 1. The Morgan fingerprint density at radius 2 is 1.83 bits per heavy atom. The van der Waals surface area contributed by atoms with Gasteiger partial charge in [-0.3, -0.25) is 9.71 Å². The van der Waals surface area contributed by atoms with E-state index < -0.39 is 15.8 Å². The van der Waals surface area contributed by atoms with Crippen LogP contribution in [-0.4, -0.2) is 13.4 Å². The van der Waals surface area contributed by atoms with E-state index in [0.717, 1.165) is 5.56 Å². The topological polar surface area (TPSA) is 92.2 Å². The van der Waals surface area contributed by atoms with E-state index in [1.165, 1.54) is 12.1 Å². The van der Waals surface area contributed by atoms with Crippen molar-refractivity contribution in [2.45, 2.75) is 24.7 Å². The van der Waals surface area contributed by atoms with Crippen LogP contribution in [0, 0.1) is 0 Å². The van der Waals surface area contributed by atoms with Crippen LogP contribution in [0.2, 0.25) is 5.02 Å². The van der Waals surface area contributed by atoms with E-state index in [9.17, 15) is 13.2 Å². The molecule has 0 aliphatic rings. The van der Waals surface area contributed by atoms with Gasteiger partial charge in [0, 0.05) is 11.8 Å². The Hall–Kier alpha value is -2.25. The molecular formula is C16H15ClN2O4S. The van der Waals surface area contributed by atoms with Crippen LogP contribution in [0.4, 0.5) is 5.69 Å². The van der Waals surface area contributed by atoms with Gasteiger partial charge < -0.3 is 4.42 Å². The average molecular weight is 367 g/mol. The fraction of sp³-hybridized carbons (Fsp3) is 0.188. The van der Waals surface area contributed by atoms with Crippen LogP contribution in [0.3, 0.4) is 0 Å². The van der Waals surface area contributed by atoms with Gasteiger partial charge in [0.05, 0.1) is 10.5 Å². The highest BCUT2D eigenvalue weighted by atomic mass is 35.5. The number of H-pyrrole nitrogens is 1. The quantitative estimate of drug-likeness (QED) is 0.736. The van der Waals surface area contributed by atoms with Crippen LogP contribution in [-0.2, 0) is 10.0 Å². The Morgan fingerprint density at radius 3 is 2.46 bits per heavy atom. The summed E-state index contributed by atoms with van der Waals surface area (Å²) in [5, 5.41) is -0.00847. The minimum absolute atomic E-state index is 0.00847. The number of fused-ring (bicyclic) bond motifs is 1. The second kappa shape index (κ2) is 5.99. The van der Waals surface area contributed by atoms with Crippen LogP contribution in [0.5, 0.6) is 0 Å². The molecule has 3 aromatic rings. The van der Waals surface area contributed by atoms with Crippen LogP contribution < -0.4 is 10.5 Å². The molecule has 0 aliphatic heterocycles. The molecule has 0 saturated heterocycles. The Morgan fingerprint density at radius 1 is 1.17 bits per heavy atom. The van der Waals surface area contributed by atoms with Gasteiger partial charge in [0.2, 0.25) is 0 Å². The van der Waals surface area contributed by atoms with Crippen molar-refractivity contribution in [3.8, 4) is 0 Å². The van der Waals surface area contributed by atoms with Crippen molar-refractivity contribution >= 4 is 38.4 Å². The first-order valence-electron chi connectivity index (χ1n) is 7.21. The molecule has 0 unspecified atom stereocenters. The van der Waals surface area contributed by atoms with Crippen LogP contribution in [0.25, 0.3) is 11.1 Å². The molecule has 8 heteroatoms. The Kier molecular flexibility index (Phi) is 4.15. The molecule has 24 heavy (non-hydrogen) atoms. The molecule has 0 amide bonds. The summed E-state index contributed by atoms with van der Waals surface area (Å²) >= 11 is 6.05. The predicted molar refractivity (Wildman–Crippen MR) is 93.2 cm³/mol. The summed E-state index contributed by atoms with van der Waals surface area (Å²) in [5.41, 5.74) is 1.99. The number of rotatable bonds is 4. The van der Waals surface area contributed by atoms with Gasteiger partial charge in [-0.1, -0.05) is 37.6 Å². The van der Waals surface area contributed by atoms with Gasteiger partial charge in [-0.25, -0.2) is 13.2 Å². The molecule has 6 nitrogen and oxygen atoms in total. The van der Waals surface area contributed by atoms with Gasteiger partial charge in [0.1, 0.15) is 4.90 Å². The summed E-state index contributed by atoms with van der Waals surface area (Å²) in [6.07, 6.45) is 0. The monoisotopic (exact) mass is 366 g/mol. The molecule has 2 N–H and O–H groups in total. The third kappa shape index (κ3) is 3.18. The van der Waals surface area contributed by atoms with Gasteiger partial charge in [0.15, 0.2) is 5.58 Å². The van der Waals surface area contributed by atoms with Crippen molar-refractivity contribution < 1.29 is 12.8 Å². The molecule has 1 heterocycles. The van der Waals surface area contributed by atoms with Crippen molar-refractivity contribution in [1.82, 2.24) is 4.98 Å². The SMILES string of the molecule is CC(C)c1ccc(NS(=O)(=O)c2cc3oc(=O)[nH]c3cc2Cl)cc1.